The van der Waals surface area contributed by atoms with E-state index >= 15 is 0 Å². The van der Waals surface area contributed by atoms with Crippen LogP contribution < -0.4 is 0 Å². The zero-order chi connectivity index (χ0) is 14.4. The molecule has 5 nitrogen and oxygen atoms in total. The average Bonchev–Trinajstić information content (AvgIpc) is 2.89. The van der Waals surface area contributed by atoms with Crippen LogP contribution in [0.25, 0.3) is 16.6 Å². The molecule has 0 aliphatic carbocycles. The quantitative estimate of drug-likeness (QED) is 0.778. The second-order valence-electron chi connectivity index (χ2n) is 4.87. The Bertz CT molecular complexity index is 827. The van der Waals surface area contributed by atoms with Crippen molar-refractivity contribution in [3.8, 4) is 5.69 Å². The van der Waals surface area contributed by atoms with E-state index in [1.54, 1.807) is 15.3 Å². The van der Waals surface area contributed by atoms with E-state index in [4.69, 9.17) is 0 Å². The molecule has 3 rings (SSSR count). The van der Waals surface area contributed by atoms with Gasteiger partial charge in [-0.2, -0.15) is 5.10 Å². The fourth-order valence-corrected chi connectivity index (χ4v) is 2.64. The summed E-state index contributed by atoms with van der Waals surface area (Å²) in [5.74, 6) is -0.941. The predicted octanol–water partition coefficient (Wildman–Crippen LogP) is 2.68. The van der Waals surface area contributed by atoms with E-state index in [0.29, 0.717) is 0 Å². The Kier molecular flexibility index (Phi) is 2.64. The molecule has 2 heterocycles. The van der Waals surface area contributed by atoms with Gasteiger partial charge < -0.3 is 5.11 Å². The Hall–Kier alpha value is -2.56. The zero-order valence-corrected chi connectivity index (χ0v) is 11.6. The van der Waals surface area contributed by atoms with Crippen LogP contribution >= 0.6 is 0 Å². The number of carbonyl (C=O) groups is 1. The lowest BCUT2D eigenvalue weighted by molar-refractivity contribution is 0.0688. The van der Waals surface area contributed by atoms with Crippen molar-refractivity contribution < 1.29 is 9.90 Å². The van der Waals surface area contributed by atoms with Gasteiger partial charge in [0.15, 0.2) is 0 Å². The largest absolute Gasteiger partial charge is 0.477 e. The fraction of sp³-hybridized carbons (Fsp3) is 0.200. The second kappa shape index (κ2) is 4.23. The zero-order valence-electron chi connectivity index (χ0n) is 11.6. The molecule has 1 N–H and O–H groups in total. The standard InChI is InChI=1S/C15H15N3O2/c1-9-14(10(2)17(3)16-9)18-12-7-5-4-6-11(12)8-13(18)15(19)20/h4-8H,1-3H3,(H,19,20). The van der Waals surface area contributed by atoms with Crippen molar-refractivity contribution in [3.05, 3.63) is 47.4 Å². The maximum Gasteiger partial charge on any atom is 0.352 e. The number of hydrogen-bond acceptors (Lipinski definition) is 2. The molecule has 0 unspecified atom stereocenters. The molecule has 0 fully saturated rings. The number of carboxylic acid groups (broad SMARTS) is 1. The molecule has 1 aromatic carbocycles. The summed E-state index contributed by atoms with van der Waals surface area (Å²) in [6.07, 6.45) is 0. The second-order valence-corrected chi connectivity index (χ2v) is 4.87. The number of hydrogen-bond donors (Lipinski definition) is 1. The minimum atomic E-state index is -0.941. The third-order valence-electron chi connectivity index (χ3n) is 3.62. The minimum absolute atomic E-state index is 0.255. The van der Waals surface area contributed by atoms with Gasteiger partial charge in [0.1, 0.15) is 5.69 Å². The van der Waals surface area contributed by atoms with Crippen molar-refractivity contribution in [3.63, 3.8) is 0 Å². The lowest BCUT2D eigenvalue weighted by Gasteiger charge is -2.09. The summed E-state index contributed by atoms with van der Waals surface area (Å²) in [7, 11) is 1.86. The molecule has 5 heteroatoms. The summed E-state index contributed by atoms with van der Waals surface area (Å²) < 4.78 is 3.54. The number of aromatic nitrogens is 3. The van der Waals surface area contributed by atoms with Gasteiger partial charge in [-0.1, -0.05) is 18.2 Å². The smallest absolute Gasteiger partial charge is 0.352 e. The first-order valence-electron chi connectivity index (χ1n) is 6.35. The van der Waals surface area contributed by atoms with Crippen molar-refractivity contribution >= 4 is 16.9 Å². The summed E-state index contributed by atoms with van der Waals surface area (Å²) in [6.45, 7) is 3.83. The number of para-hydroxylation sites is 1. The van der Waals surface area contributed by atoms with Gasteiger partial charge in [-0.05, 0) is 26.0 Å². The number of nitrogens with zero attached hydrogens (tertiary/aromatic N) is 3. The first-order chi connectivity index (χ1) is 9.50. The summed E-state index contributed by atoms with van der Waals surface area (Å²) in [5.41, 5.74) is 3.72. The molecular formula is C15H15N3O2. The van der Waals surface area contributed by atoms with Gasteiger partial charge in [0.05, 0.1) is 22.6 Å². The molecule has 2 aromatic heterocycles. The van der Waals surface area contributed by atoms with Gasteiger partial charge in [-0.15, -0.1) is 0 Å². The summed E-state index contributed by atoms with van der Waals surface area (Å²) in [4.78, 5) is 11.5. The highest BCUT2D eigenvalue weighted by Gasteiger charge is 2.20. The molecule has 0 spiro atoms. The summed E-state index contributed by atoms with van der Waals surface area (Å²) >= 11 is 0. The Morgan fingerprint density at radius 1 is 1.25 bits per heavy atom. The van der Waals surface area contributed by atoms with Crippen molar-refractivity contribution in [2.75, 3.05) is 0 Å². The normalized spacial score (nSPS) is 11.2. The molecule has 0 amide bonds. The van der Waals surface area contributed by atoms with Gasteiger partial charge >= 0.3 is 5.97 Å². The Labute approximate surface area is 116 Å². The molecule has 0 atom stereocenters. The highest BCUT2D eigenvalue weighted by Crippen LogP contribution is 2.28. The van der Waals surface area contributed by atoms with Gasteiger partial charge in [0, 0.05) is 12.4 Å². The summed E-state index contributed by atoms with van der Waals surface area (Å²) in [6, 6.07) is 9.35. The van der Waals surface area contributed by atoms with E-state index in [2.05, 4.69) is 5.10 Å². The van der Waals surface area contributed by atoms with Crippen molar-refractivity contribution in [1.29, 1.82) is 0 Å². The molecule has 3 aromatic rings. The van der Waals surface area contributed by atoms with E-state index in [1.165, 1.54) is 0 Å². The van der Waals surface area contributed by atoms with Crippen LogP contribution in [0, 0.1) is 13.8 Å². The van der Waals surface area contributed by atoms with Gasteiger partial charge in [0.2, 0.25) is 0 Å². The molecule has 0 radical (unpaired) electrons. The van der Waals surface area contributed by atoms with Crippen LogP contribution in [0.3, 0.4) is 0 Å². The van der Waals surface area contributed by atoms with E-state index in [9.17, 15) is 9.90 Å². The topological polar surface area (TPSA) is 60.0 Å². The third-order valence-corrected chi connectivity index (χ3v) is 3.62. The van der Waals surface area contributed by atoms with Crippen LogP contribution in [0.2, 0.25) is 0 Å². The molecule has 20 heavy (non-hydrogen) atoms. The Morgan fingerprint density at radius 3 is 2.55 bits per heavy atom. The average molecular weight is 269 g/mol. The maximum atomic E-state index is 11.5. The molecule has 0 saturated carbocycles. The molecule has 0 aliphatic rings. The first-order valence-corrected chi connectivity index (χ1v) is 6.35. The third kappa shape index (κ3) is 1.63. The van der Waals surface area contributed by atoms with E-state index in [-0.39, 0.29) is 5.69 Å². The first kappa shape index (κ1) is 12.5. The number of fused-ring (bicyclic) bond motifs is 1. The van der Waals surface area contributed by atoms with Crippen LogP contribution in [0.15, 0.2) is 30.3 Å². The van der Waals surface area contributed by atoms with Crippen LogP contribution in [0.5, 0.6) is 0 Å². The molecule has 0 bridgehead atoms. The summed E-state index contributed by atoms with van der Waals surface area (Å²) in [5, 5.41) is 14.8. The predicted molar refractivity (Wildman–Crippen MR) is 76.5 cm³/mol. The number of aryl methyl sites for hydroxylation is 2. The van der Waals surface area contributed by atoms with Gasteiger partial charge in [0.25, 0.3) is 0 Å². The number of carboxylic acids is 1. The number of benzene rings is 1. The monoisotopic (exact) mass is 269 g/mol. The van der Waals surface area contributed by atoms with Gasteiger partial charge in [-0.3, -0.25) is 9.25 Å². The molecule has 102 valence electrons. The molecule has 0 saturated heterocycles. The van der Waals surface area contributed by atoms with Crippen molar-refractivity contribution in [2.24, 2.45) is 7.05 Å². The maximum absolute atomic E-state index is 11.5. The Balaban J connectivity index is 2.45. The van der Waals surface area contributed by atoms with Gasteiger partial charge in [-0.25, -0.2) is 4.79 Å². The fourth-order valence-electron chi connectivity index (χ4n) is 2.64. The number of aromatic carboxylic acids is 1. The van der Waals surface area contributed by atoms with E-state index in [1.807, 2.05) is 45.2 Å². The van der Waals surface area contributed by atoms with Crippen LogP contribution in [-0.2, 0) is 7.05 Å². The number of rotatable bonds is 2. The minimum Gasteiger partial charge on any atom is -0.477 e. The molecular weight excluding hydrogens is 254 g/mol. The van der Waals surface area contributed by atoms with Crippen LogP contribution in [0.4, 0.5) is 0 Å². The lowest BCUT2D eigenvalue weighted by atomic mass is 10.2. The van der Waals surface area contributed by atoms with Crippen molar-refractivity contribution in [2.45, 2.75) is 13.8 Å². The lowest BCUT2D eigenvalue weighted by Crippen LogP contribution is -2.08. The SMILES string of the molecule is Cc1nn(C)c(C)c1-n1c(C(=O)O)cc2ccccc21. The van der Waals surface area contributed by atoms with Crippen LogP contribution in [0.1, 0.15) is 21.9 Å². The van der Waals surface area contributed by atoms with Crippen LogP contribution in [-0.4, -0.2) is 25.4 Å². The molecule has 0 aliphatic heterocycles. The highest BCUT2D eigenvalue weighted by molar-refractivity contribution is 5.96. The van der Waals surface area contributed by atoms with Crippen molar-refractivity contribution in [1.82, 2.24) is 14.3 Å². The van der Waals surface area contributed by atoms with E-state index < -0.39 is 5.97 Å². The Morgan fingerprint density at radius 2 is 1.95 bits per heavy atom. The highest BCUT2D eigenvalue weighted by atomic mass is 16.4. The van der Waals surface area contributed by atoms with E-state index in [0.717, 1.165) is 28.0 Å².